The number of nitrogens with one attached hydrogen (secondary N) is 1. The zero-order valence-electron chi connectivity index (χ0n) is 18.0. The number of aryl methyl sites for hydroxylation is 1. The number of pyridine rings is 1. The smallest absolute Gasteiger partial charge is 0.250 e. The number of hydrogen-bond acceptors (Lipinski definition) is 6. The molecular formula is C23H29N5O3. The summed E-state index contributed by atoms with van der Waals surface area (Å²) in [5.41, 5.74) is 2.84. The summed E-state index contributed by atoms with van der Waals surface area (Å²) in [5.74, 6) is -0.206. The van der Waals surface area contributed by atoms with Crippen LogP contribution >= 0.6 is 0 Å². The first-order valence-electron chi connectivity index (χ1n) is 10.6. The average molecular weight is 424 g/mol. The molecule has 1 amide bonds. The molecule has 1 aromatic carbocycles. The molecule has 1 aliphatic rings. The number of nitrogens with zero attached hydrogens (tertiary/aromatic N) is 4. The third-order valence-corrected chi connectivity index (χ3v) is 5.77. The largest absolute Gasteiger partial charge is 0.388 e. The van der Waals surface area contributed by atoms with Crippen LogP contribution in [0.3, 0.4) is 0 Å². The van der Waals surface area contributed by atoms with E-state index in [0.717, 1.165) is 41.9 Å². The fourth-order valence-corrected chi connectivity index (χ4v) is 4.08. The second kappa shape index (κ2) is 9.13. The standard InChI is InChI=1S/C23H29N5O3/c1-17-4-3-5-20(25-17)14-27-10-8-23(30,9-11-27)16-28-21-12-19(26-22(29)15-31-2)7-6-18(21)13-24-28/h3-7,12-13,30H,8-11,14-16H2,1-2H3,(H,26,29). The molecular weight excluding hydrogens is 394 g/mol. The fourth-order valence-electron chi connectivity index (χ4n) is 4.08. The van der Waals surface area contributed by atoms with Crippen LogP contribution in [0, 0.1) is 6.92 Å². The minimum absolute atomic E-state index is 0.00558. The fraction of sp³-hybridized carbons (Fsp3) is 0.435. The first-order valence-corrected chi connectivity index (χ1v) is 10.6. The quantitative estimate of drug-likeness (QED) is 0.606. The van der Waals surface area contributed by atoms with Crippen LogP contribution in [0.4, 0.5) is 5.69 Å². The van der Waals surface area contributed by atoms with Crippen molar-refractivity contribution >= 4 is 22.5 Å². The number of ether oxygens (including phenoxy) is 1. The number of amides is 1. The van der Waals surface area contributed by atoms with Gasteiger partial charge in [0.25, 0.3) is 0 Å². The molecule has 1 fully saturated rings. The van der Waals surface area contributed by atoms with Gasteiger partial charge in [-0.15, -0.1) is 0 Å². The van der Waals surface area contributed by atoms with Gasteiger partial charge in [0, 0.05) is 43.5 Å². The summed E-state index contributed by atoms with van der Waals surface area (Å²) in [5, 5.41) is 19.5. The number of fused-ring (bicyclic) bond motifs is 1. The molecule has 1 aliphatic heterocycles. The number of carbonyl (C=O) groups excluding carboxylic acids is 1. The number of rotatable bonds is 7. The zero-order valence-corrected chi connectivity index (χ0v) is 18.0. The van der Waals surface area contributed by atoms with Gasteiger partial charge in [0.05, 0.1) is 29.6 Å². The van der Waals surface area contributed by atoms with E-state index in [9.17, 15) is 9.90 Å². The van der Waals surface area contributed by atoms with Gasteiger partial charge in [-0.25, -0.2) is 0 Å². The Hall–Kier alpha value is -2.81. The van der Waals surface area contributed by atoms with Gasteiger partial charge < -0.3 is 15.2 Å². The van der Waals surface area contributed by atoms with Gasteiger partial charge in [0.15, 0.2) is 0 Å². The Kier molecular flexibility index (Phi) is 6.31. The third kappa shape index (κ3) is 5.28. The summed E-state index contributed by atoms with van der Waals surface area (Å²) in [6.07, 6.45) is 3.13. The molecule has 0 atom stereocenters. The summed E-state index contributed by atoms with van der Waals surface area (Å²) in [7, 11) is 1.49. The zero-order chi connectivity index (χ0) is 21.8. The van der Waals surface area contributed by atoms with Gasteiger partial charge >= 0.3 is 0 Å². The van der Waals surface area contributed by atoms with Crippen molar-refractivity contribution in [2.75, 3.05) is 32.1 Å². The van der Waals surface area contributed by atoms with Gasteiger partial charge in [-0.05, 0) is 50.1 Å². The summed E-state index contributed by atoms with van der Waals surface area (Å²) < 4.78 is 6.70. The molecule has 164 valence electrons. The molecule has 31 heavy (non-hydrogen) atoms. The second-order valence-corrected chi connectivity index (χ2v) is 8.33. The van der Waals surface area contributed by atoms with E-state index < -0.39 is 5.60 Å². The van der Waals surface area contributed by atoms with E-state index in [1.807, 2.05) is 48.0 Å². The molecule has 0 aliphatic carbocycles. The van der Waals surface area contributed by atoms with Crippen LogP contribution in [0.15, 0.2) is 42.6 Å². The molecule has 0 spiro atoms. The Bertz CT molecular complexity index is 1060. The number of methoxy groups -OCH3 is 1. The van der Waals surface area contributed by atoms with Gasteiger partial charge in [-0.3, -0.25) is 19.4 Å². The van der Waals surface area contributed by atoms with E-state index in [-0.39, 0.29) is 12.5 Å². The number of aromatic nitrogens is 3. The Morgan fingerprint density at radius 2 is 2.06 bits per heavy atom. The maximum Gasteiger partial charge on any atom is 0.250 e. The highest BCUT2D eigenvalue weighted by atomic mass is 16.5. The molecule has 8 nitrogen and oxygen atoms in total. The van der Waals surface area contributed by atoms with Crippen LogP contribution in [0.5, 0.6) is 0 Å². The lowest BCUT2D eigenvalue weighted by molar-refractivity contribution is -0.119. The maximum absolute atomic E-state index is 11.8. The lowest BCUT2D eigenvalue weighted by atomic mass is 9.91. The monoisotopic (exact) mass is 423 g/mol. The van der Waals surface area contributed by atoms with Crippen LogP contribution in [0.1, 0.15) is 24.2 Å². The predicted octanol–water partition coefficient (Wildman–Crippen LogP) is 2.35. The van der Waals surface area contributed by atoms with E-state index in [2.05, 4.69) is 20.3 Å². The Morgan fingerprint density at radius 3 is 2.81 bits per heavy atom. The predicted molar refractivity (Wildman–Crippen MR) is 119 cm³/mol. The summed E-state index contributed by atoms with van der Waals surface area (Å²) in [6, 6.07) is 11.7. The normalized spacial score (nSPS) is 16.5. The molecule has 0 radical (unpaired) electrons. The van der Waals surface area contributed by atoms with E-state index in [0.29, 0.717) is 25.1 Å². The third-order valence-electron chi connectivity index (χ3n) is 5.77. The molecule has 3 heterocycles. The van der Waals surface area contributed by atoms with E-state index >= 15 is 0 Å². The molecule has 4 rings (SSSR count). The first-order chi connectivity index (χ1) is 14.9. The number of carbonyl (C=O) groups is 1. The van der Waals surface area contributed by atoms with Crippen LogP contribution in [-0.4, -0.2) is 63.1 Å². The molecule has 0 saturated carbocycles. The Morgan fingerprint density at radius 1 is 1.26 bits per heavy atom. The number of benzene rings is 1. The van der Waals surface area contributed by atoms with Crippen molar-refractivity contribution in [3.8, 4) is 0 Å². The minimum Gasteiger partial charge on any atom is -0.388 e. The van der Waals surface area contributed by atoms with Gasteiger partial charge in [-0.2, -0.15) is 5.10 Å². The van der Waals surface area contributed by atoms with Crippen molar-refractivity contribution in [1.29, 1.82) is 0 Å². The molecule has 2 N–H and O–H groups in total. The molecule has 1 saturated heterocycles. The number of anilines is 1. The highest BCUT2D eigenvalue weighted by Gasteiger charge is 2.33. The number of likely N-dealkylation sites (tertiary alicyclic amines) is 1. The first kappa shape index (κ1) is 21.4. The van der Waals surface area contributed by atoms with Gasteiger partial charge in [-0.1, -0.05) is 6.07 Å². The van der Waals surface area contributed by atoms with Crippen molar-refractivity contribution in [2.24, 2.45) is 0 Å². The molecule has 2 aromatic heterocycles. The minimum atomic E-state index is -0.815. The topological polar surface area (TPSA) is 92.5 Å². The number of hydrogen-bond donors (Lipinski definition) is 2. The highest BCUT2D eigenvalue weighted by Crippen LogP contribution is 2.27. The van der Waals surface area contributed by atoms with Crippen molar-refractivity contribution in [3.05, 3.63) is 54.0 Å². The molecule has 0 unspecified atom stereocenters. The van der Waals surface area contributed by atoms with Crippen LogP contribution in [0.2, 0.25) is 0 Å². The Labute approximate surface area is 181 Å². The highest BCUT2D eigenvalue weighted by molar-refractivity contribution is 5.94. The summed E-state index contributed by atoms with van der Waals surface area (Å²) in [4.78, 5) is 18.7. The SMILES string of the molecule is COCC(=O)Nc1ccc2cnn(CC3(O)CCN(Cc4cccc(C)n4)CC3)c2c1. The van der Waals surface area contributed by atoms with Crippen LogP contribution < -0.4 is 5.32 Å². The average Bonchev–Trinajstić information content (AvgIpc) is 3.12. The lowest BCUT2D eigenvalue weighted by Gasteiger charge is -2.38. The molecule has 3 aromatic rings. The van der Waals surface area contributed by atoms with E-state index in [1.54, 1.807) is 6.20 Å². The summed E-state index contributed by atoms with van der Waals surface area (Å²) >= 11 is 0. The van der Waals surface area contributed by atoms with E-state index in [1.165, 1.54) is 7.11 Å². The maximum atomic E-state index is 11.8. The second-order valence-electron chi connectivity index (χ2n) is 8.33. The van der Waals surface area contributed by atoms with Crippen molar-refractivity contribution in [1.82, 2.24) is 19.7 Å². The lowest BCUT2D eigenvalue weighted by Crippen LogP contribution is -2.46. The van der Waals surface area contributed by atoms with Gasteiger partial charge in [0.1, 0.15) is 6.61 Å². The summed E-state index contributed by atoms with van der Waals surface area (Å²) in [6.45, 7) is 4.84. The van der Waals surface area contributed by atoms with Crippen molar-refractivity contribution in [2.45, 2.75) is 38.5 Å². The van der Waals surface area contributed by atoms with Crippen LogP contribution in [-0.2, 0) is 22.6 Å². The Balaban J connectivity index is 1.41. The van der Waals surface area contributed by atoms with Crippen LogP contribution in [0.25, 0.3) is 10.9 Å². The number of aliphatic hydroxyl groups is 1. The van der Waals surface area contributed by atoms with E-state index in [4.69, 9.17) is 4.74 Å². The van der Waals surface area contributed by atoms with Crippen molar-refractivity contribution < 1.29 is 14.6 Å². The molecule has 8 heteroatoms. The number of piperidine rings is 1. The van der Waals surface area contributed by atoms with Crippen molar-refractivity contribution in [3.63, 3.8) is 0 Å². The van der Waals surface area contributed by atoms with Gasteiger partial charge in [0.2, 0.25) is 5.91 Å². The molecule has 0 bridgehead atoms.